The molecule has 0 aromatic heterocycles. The third-order valence-corrected chi connectivity index (χ3v) is 3.16. The molecule has 1 saturated heterocycles. The lowest BCUT2D eigenvalue weighted by atomic mass is 9.80. The number of hydrogen-bond donors (Lipinski definition) is 0. The van der Waals surface area contributed by atoms with Crippen molar-refractivity contribution in [3.05, 3.63) is 25.3 Å². The van der Waals surface area contributed by atoms with Gasteiger partial charge in [0, 0.05) is 13.1 Å². The topological polar surface area (TPSA) is 40.6 Å². The van der Waals surface area contributed by atoms with Gasteiger partial charge in [-0.2, -0.15) is 0 Å². The molecule has 17 heavy (non-hydrogen) atoms. The number of nitrogens with zero attached hydrogens (tertiary/aromatic N) is 2. The van der Waals surface area contributed by atoms with Gasteiger partial charge in [-0.3, -0.25) is 19.6 Å². The van der Waals surface area contributed by atoms with Crippen molar-refractivity contribution in [1.82, 2.24) is 10.0 Å². The van der Waals surface area contributed by atoms with Crippen LogP contribution in [0.2, 0.25) is 0 Å². The fourth-order valence-corrected chi connectivity index (χ4v) is 2.36. The third-order valence-electron chi connectivity index (χ3n) is 3.16. The zero-order valence-corrected chi connectivity index (χ0v) is 10.6. The van der Waals surface area contributed by atoms with Gasteiger partial charge in [-0.05, 0) is 26.7 Å². The van der Waals surface area contributed by atoms with Crippen LogP contribution < -0.4 is 0 Å². The first-order valence-electron chi connectivity index (χ1n) is 5.94. The van der Waals surface area contributed by atoms with Gasteiger partial charge in [0.25, 0.3) is 11.8 Å². The van der Waals surface area contributed by atoms with E-state index < -0.39 is 5.41 Å². The van der Waals surface area contributed by atoms with Crippen LogP contribution >= 0.6 is 0 Å². The Kier molecular flexibility index (Phi) is 4.10. The van der Waals surface area contributed by atoms with E-state index in [1.165, 1.54) is 10.0 Å². The second-order valence-electron chi connectivity index (χ2n) is 4.11. The molecule has 0 N–H and O–H groups in total. The summed E-state index contributed by atoms with van der Waals surface area (Å²) >= 11 is 0. The van der Waals surface area contributed by atoms with Gasteiger partial charge in [0.05, 0.1) is 0 Å². The first kappa shape index (κ1) is 13.5. The molecule has 0 aliphatic carbocycles. The molecule has 1 aliphatic heterocycles. The van der Waals surface area contributed by atoms with Crippen LogP contribution in [0.4, 0.5) is 0 Å². The van der Waals surface area contributed by atoms with Crippen molar-refractivity contribution in [2.75, 3.05) is 13.1 Å². The van der Waals surface area contributed by atoms with E-state index in [1.807, 2.05) is 13.8 Å². The van der Waals surface area contributed by atoms with Crippen molar-refractivity contribution in [3.8, 4) is 0 Å². The molecule has 0 spiro atoms. The second kappa shape index (κ2) is 5.17. The summed E-state index contributed by atoms with van der Waals surface area (Å²) in [5, 5.41) is 3.05. The molecule has 1 aliphatic rings. The molecule has 0 atom stereocenters. The SMILES string of the molecule is C=CCC1(CC=C)C(=O)N(CC)N(CC)C1=O. The van der Waals surface area contributed by atoms with Gasteiger partial charge in [0.15, 0.2) is 0 Å². The minimum atomic E-state index is -1.00. The number of amides is 2. The highest BCUT2D eigenvalue weighted by Gasteiger charge is 2.55. The highest BCUT2D eigenvalue weighted by molar-refractivity contribution is 6.10. The molecule has 1 fully saturated rings. The van der Waals surface area contributed by atoms with Crippen LogP contribution in [0.3, 0.4) is 0 Å². The van der Waals surface area contributed by atoms with Gasteiger partial charge >= 0.3 is 0 Å². The fraction of sp³-hybridized carbons (Fsp3) is 0.538. The van der Waals surface area contributed by atoms with Crippen molar-refractivity contribution in [2.24, 2.45) is 5.41 Å². The van der Waals surface area contributed by atoms with Crippen LogP contribution in [-0.4, -0.2) is 34.9 Å². The van der Waals surface area contributed by atoms with Crippen molar-refractivity contribution in [3.63, 3.8) is 0 Å². The molecule has 4 heteroatoms. The maximum absolute atomic E-state index is 12.4. The summed E-state index contributed by atoms with van der Waals surface area (Å²) in [6.45, 7) is 12.0. The van der Waals surface area contributed by atoms with E-state index in [-0.39, 0.29) is 11.8 Å². The van der Waals surface area contributed by atoms with Crippen LogP contribution in [0, 0.1) is 5.41 Å². The van der Waals surface area contributed by atoms with Crippen molar-refractivity contribution >= 4 is 11.8 Å². The second-order valence-corrected chi connectivity index (χ2v) is 4.11. The number of carbonyl (C=O) groups is 2. The van der Waals surface area contributed by atoms with Gasteiger partial charge in [-0.25, -0.2) is 0 Å². The van der Waals surface area contributed by atoms with Crippen molar-refractivity contribution in [1.29, 1.82) is 0 Å². The van der Waals surface area contributed by atoms with E-state index in [1.54, 1.807) is 12.2 Å². The zero-order chi connectivity index (χ0) is 13.1. The van der Waals surface area contributed by atoms with E-state index in [0.29, 0.717) is 25.9 Å². The van der Waals surface area contributed by atoms with E-state index in [2.05, 4.69) is 13.2 Å². The number of hydrazine groups is 1. The minimum absolute atomic E-state index is 0.133. The van der Waals surface area contributed by atoms with E-state index in [0.717, 1.165) is 0 Å². The number of carbonyl (C=O) groups excluding carboxylic acids is 2. The molecule has 0 radical (unpaired) electrons. The quantitative estimate of drug-likeness (QED) is 0.521. The van der Waals surface area contributed by atoms with Crippen molar-refractivity contribution < 1.29 is 9.59 Å². The number of hydrogen-bond acceptors (Lipinski definition) is 2. The molecule has 1 rings (SSSR count). The third kappa shape index (κ3) is 1.88. The molecule has 94 valence electrons. The molecule has 0 unspecified atom stereocenters. The van der Waals surface area contributed by atoms with E-state index >= 15 is 0 Å². The normalized spacial score (nSPS) is 18.7. The Hall–Kier alpha value is -1.58. The molecule has 0 aromatic carbocycles. The van der Waals surface area contributed by atoms with Crippen molar-refractivity contribution in [2.45, 2.75) is 26.7 Å². The van der Waals surface area contributed by atoms with Crippen LogP contribution in [0.1, 0.15) is 26.7 Å². The van der Waals surface area contributed by atoms with Gasteiger partial charge in [0.2, 0.25) is 0 Å². The Labute approximate surface area is 103 Å². The van der Waals surface area contributed by atoms with E-state index in [4.69, 9.17) is 0 Å². The Morgan fingerprint density at radius 3 is 1.59 bits per heavy atom. The molecular formula is C13H20N2O2. The lowest BCUT2D eigenvalue weighted by Crippen LogP contribution is -2.40. The molecule has 4 nitrogen and oxygen atoms in total. The number of rotatable bonds is 6. The smallest absolute Gasteiger partial charge is 0.257 e. The summed E-state index contributed by atoms with van der Waals surface area (Å²) in [7, 11) is 0. The summed E-state index contributed by atoms with van der Waals surface area (Å²) in [5.74, 6) is -0.265. The van der Waals surface area contributed by atoms with Gasteiger partial charge < -0.3 is 0 Å². The Bertz CT molecular complexity index is 315. The van der Waals surface area contributed by atoms with Gasteiger partial charge in [-0.15, -0.1) is 13.2 Å². The summed E-state index contributed by atoms with van der Waals surface area (Å²) in [6.07, 6.45) is 3.99. The highest BCUT2D eigenvalue weighted by Crippen LogP contribution is 2.38. The molecule has 2 amide bonds. The first-order valence-corrected chi connectivity index (χ1v) is 5.94. The minimum Gasteiger partial charge on any atom is -0.272 e. The summed E-state index contributed by atoms with van der Waals surface area (Å²) in [5.41, 5.74) is -1.00. The molecule has 0 aromatic rings. The maximum atomic E-state index is 12.4. The standard InChI is InChI=1S/C13H20N2O2/c1-5-9-13(10-6-2)11(16)14(7-3)15(8-4)12(13)17/h5-6H,1-2,7-10H2,3-4H3. The van der Waals surface area contributed by atoms with Crippen LogP contribution in [0.25, 0.3) is 0 Å². The average Bonchev–Trinajstić information content (AvgIpc) is 2.51. The predicted octanol–water partition coefficient (Wildman–Crippen LogP) is 1.75. The lowest BCUT2D eigenvalue weighted by Gasteiger charge is -2.24. The van der Waals surface area contributed by atoms with Crippen LogP contribution in [0.5, 0.6) is 0 Å². The van der Waals surface area contributed by atoms with Crippen LogP contribution in [-0.2, 0) is 9.59 Å². The molecule has 0 saturated carbocycles. The highest BCUT2D eigenvalue weighted by atomic mass is 16.2. The first-order chi connectivity index (χ1) is 8.08. The fourth-order valence-electron chi connectivity index (χ4n) is 2.36. The number of allylic oxidation sites excluding steroid dienone is 2. The predicted molar refractivity (Wildman–Crippen MR) is 66.8 cm³/mol. The maximum Gasteiger partial charge on any atom is 0.257 e. The van der Waals surface area contributed by atoms with E-state index in [9.17, 15) is 9.59 Å². The Morgan fingerprint density at radius 1 is 1.00 bits per heavy atom. The largest absolute Gasteiger partial charge is 0.272 e. The summed E-state index contributed by atoms with van der Waals surface area (Å²) in [4.78, 5) is 24.8. The average molecular weight is 236 g/mol. The molecule has 0 bridgehead atoms. The summed E-state index contributed by atoms with van der Waals surface area (Å²) < 4.78 is 0. The monoisotopic (exact) mass is 236 g/mol. The Morgan fingerprint density at radius 2 is 1.35 bits per heavy atom. The van der Waals surface area contributed by atoms with Gasteiger partial charge in [-0.1, -0.05) is 12.2 Å². The lowest BCUT2D eigenvalue weighted by molar-refractivity contribution is -0.145. The summed E-state index contributed by atoms with van der Waals surface area (Å²) in [6, 6.07) is 0. The molecular weight excluding hydrogens is 216 g/mol. The Balaban J connectivity index is 3.20. The van der Waals surface area contributed by atoms with Crippen LogP contribution in [0.15, 0.2) is 25.3 Å². The molecule has 1 heterocycles. The van der Waals surface area contributed by atoms with Gasteiger partial charge in [0.1, 0.15) is 5.41 Å². The zero-order valence-electron chi connectivity index (χ0n) is 10.6.